The summed E-state index contributed by atoms with van der Waals surface area (Å²) in [6, 6.07) is 0. The lowest BCUT2D eigenvalue weighted by Crippen LogP contribution is -2.33. The molecule has 0 bridgehead atoms. The standard InChI is InChI=1S/C13H29NO3/c1-3-5-8-17-11-13(16)10-14-9-12(4-2)6-7-15/h12-16H,3-11H2,1-2H3. The molecular formula is C13H29NO3. The fourth-order valence-electron chi connectivity index (χ4n) is 1.61. The average molecular weight is 247 g/mol. The summed E-state index contributed by atoms with van der Waals surface area (Å²) in [6.45, 7) is 7.03. The lowest BCUT2D eigenvalue weighted by atomic mass is 10.0. The maximum Gasteiger partial charge on any atom is 0.0897 e. The van der Waals surface area contributed by atoms with E-state index >= 15 is 0 Å². The van der Waals surface area contributed by atoms with Crippen molar-refractivity contribution in [2.45, 2.75) is 45.6 Å². The van der Waals surface area contributed by atoms with E-state index in [2.05, 4.69) is 19.2 Å². The molecule has 4 heteroatoms. The predicted molar refractivity (Wildman–Crippen MR) is 70.1 cm³/mol. The van der Waals surface area contributed by atoms with Crippen LogP contribution in [0.15, 0.2) is 0 Å². The van der Waals surface area contributed by atoms with Gasteiger partial charge >= 0.3 is 0 Å². The summed E-state index contributed by atoms with van der Waals surface area (Å²) in [7, 11) is 0. The summed E-state index contributed by atoms with van der Waals surface area (Å²) in [4.78, 5) is 0. The molecule has 0 rings (SSSR count). The maximum atomic E-state index is 9.63. The molecule has 0 saturated carbocycles. The van der Waals surface area contributed by atoms with Gasteiger partial charge in [-0.3, -0.25) is 0 Å². The lowest BCUT2D eigenvalue weighted by Gasteiger charge is -2.16. The van der Waals surface area contributed by atoms with Gasteiger partial charge in [0.2, 0.25) is 0 Å². The number of nitrogens with one attached hydrogen (secondary N) is 1. The van der Waals surface area contributed by atoms with E-state index in [0.717, 1.165) is 38.8 Å². The Balaban J connectivity index is 3.39. The third-order valence-corrected chi connectivity index (χ3v) is 2.88. The molecule has 0 amide bonds. The number of hydrogen-bond acceptors (Lipinski definition) is 4. The summed E-state index contributed by atoms with van der Waals surface area (Å²) < 4.78 is 5.34. The van der Waals surface area contributed by atoms with Crippen molar-refractivity contribution in [1.82, 2.24) is 5.32 Å². The van der Waals surface area contributed by atoms with Crippen LogP contribution in [0.25, 0.3) is 0 Å². The van der Waals surface area contributed by atoms with Gasteiger partial charge in [-0.15, -0.1) is 0 Å². The van der Waals surface area contributed by atoms with E-state index in [-0.39, 0.29) is 6.61 Å². The van der Waals surface area contributed by atoms with Crippen molar-refractivity contribution in [3.05, 3.63) is 0 Å². The molecule has 0 aromatic carbocycles. The molecule has 2 atom stereocenters. The molecule has 0 fully saturated rings. The van der Waals surface area contributed by atoms with Crippen LogP contribution in [0.1, 0.15) is 39.5 Å². The van der Waals surface area contributed by atoms with Crippen molar-refractivity contribution in [3.63, 3.8) is 0 Å². The molecule has 0 aromatic rings. The summed E-state index contributed by atoms with van der Waals surface area (Å²) in [5.41, 5.74) is 0. The van der Waals surface area contributed by atoms with E-state index in [0.29, 0.717) is 19.1 Å². The summed E-state index contributed by atoms with van der Waals surface area (Å²) in [5.74, 6) is 0.494. The second-order valence-electron chi connectivity index (χ2n) is 4.53. The van der Waals surface area contributed by atoms with Crippen LogP contribution in [-0.4, -0.2) is 49.2 Å². The van der Waals surface area contributed by atoms with E-state index in [9.17, 15) is 5.11 Å². The minimum atomic E-state index is -0.432. The van der Waals surface area contributed by atoms with E-state index < -0.39 is 6.10 Å². The molecule has 3 N–H and O–H groups in total. The third kappa shape index (κ3) is 10.7. The normalized spacial score (nSPS) is 14.8. The van der Waals surface area contributed by atoms with Gasteiger partial charge in [-0.2, -0.15) is 0 Å². The van der Waals surface area contributed by atoms with Crippen LogP contribution in [0.5, 0.6) is 0 Å². The molecule has 0 aliphatic heterocycles. The van der Waals surface area contributed by atoms with Gasteiger partial charge in [0.15, 0.2) is 0 Å². The van der Waals surface area contributed by atoms with Crippen molar-refractivity contribution in [3.8, 4) is 0 Å². The van der Waals surface area contributed by atoms with Crippen molar-refractivity contribution >= 4 is 0 Å². The van der Waals surface area contributed by atoms with Gasteiger partial charge in [0, 0.05) is 19.8 Å². The van der Waals surface area contributed by atoms with E-state index in [1.807, 2.05) is 0 Å². The SMILES string of the molecule is CCCCOCC(O)CNCC(CC)CCO. The molecule has 0 spiro atoms. The fraction of sp³-hybridized carbons (Fsp3) is 1.00. The molecular weight excluding hydrogens is 218 g/mol. The minimum Gasteiger partial charge on any atom is -0.396 e. The smallest absolute Gasteiger partial charge is 0.0897 e. The molecule has 0 saturated heterocycles. The monoisotopic (exact) mass is 247 g/mol. The van der Waals surface area contributed by atoms with Gasteiger partial charge in [-0.25, -0.2) is 0 Å². The first-order valence-corrected chi connectivity index (χ1v) is 6.81. The van der Waals surface area contributed by atoms with Gasteiger partial charge < -0.3 is 20.3 Å². The average Bonchev–Trinajstić information content (AvgIpc) is 2.33. The zero-order chi connectivity index (χ0) is 12.9. The fourth-order valence-corrected chi connectivity index (χ4v) is 1.61. The number of aliphatic hydroxyl groups excluding tert-OH is 2. The Labute approximate surface area is 105 Å². The Kier molecular flexibility index (Phi) is 12.2. The van der Waals surface area contributed by atoms with Crippen molar-refractivity contribution < 1.29 is 14.9 Å². The quantitative estimate of drug-likeness (QED) is 0.453. The molecule has 4 nitrogen and oxygen atoms in total. The second-order valence-corrected chi connectivity index (χ2v) is 4.53. The van der Waals surface area contributed by atoms with Crippen molar-refractivity contribution in [2.75, 3.05) is 32.9 Å². The van der Waals surface area contributed by atoms with E-state index in [4.69, 9.17) is 9.84 Å². The van der Waals surface area contributed by atoms with Crippen LogP contribution in [0, 0.1) is 5.92 Å². The van der Waals surface area contributed by atoms with Gasteiger partial charge in [0.1, 0.15) is 0 Å². The van der Waals surface area contributed by atoms with Gasteiger partial charge in [0.25, 0.3) is 0 Å². The number of hydrogen-bond donors (Lipinski definition) is 3. The first-order chi connectivity index (χ1) is 8.24. The molecule has 17 heavy (non-hydrogen) atoms. The Morgan fingerprint density at radius 3 is 2.59 bits per heavy atom. The second kappa shape index (κ2) is 12.3. The Bertz CT molecular complexity index is 156. The van der Waals surface area contributed by atoms with Crippen LogP contribution in [-0.2, 0) is 4.74 Å². The highest BCUT2D eigenvalue weighted by Gasteiger charge is 2.07. The van der Waals surface area contributed by atoms with Crippen LogP contribution in [0.3, 0.4) is 0 Å². The highest BCUT2D eigenvalue weighted by molar-refractivity contribution is 4.64. The maximum absolute atomic E-state index is 9.63. The third-order valence-electron chi connectivity index (χ3n) is 2.88. The summed E-state index contributed by atoms with van der Waals surface area (Å²) >= 11 is 0. The zero-order valence-electron chi connectivity index (χ0n) is 11.3. The van der Waals surface area contributed by atoms with Gasteiger partial charge in [-0.05, 0) is 25.3 Å². The molecule has 104 valence electrons. The van der Waals surface area contributed by atoms with Gasteiger partial charge in [0.05, 0.1) is 12.7 Å². The van der Waals surface area contributed by atoms with Crippen molar-refractivity contribution in [2.24, 2.45) is 5.92 Å². The van der Waals surface area contributed by atoms with Crippen LogP contribution in [0.4, 0.5) is 0 Å². The predicted octanol–water partition coefficient (Wildman–Crippen LogP) is 1.16. The highest BCUT2D eigenvalue weighted by atomic mass is 16.5. The lowest BCUT2D eigenvalue weighted by molar-refractivity contribution is 0.0354. The van der Waals surface area contributed by atoms with Gasteiger partial charge in [-0.1, -0.05) is 26.7 Å². The Hall–Kier alpha value is -0.160. The minimum absolute atomic E-state index is 0.239. The molecule has 0 aromatic heterocycles. The first-order valence-electron chi connectivity index (χ1n) is 6.81. The number of unbranched alkanes of at least 4 members (excludes halogenated alkanes) is 1. The largest absolute Gasteiger partial charge is 0.396 e. The zero-order valence-corrected chi connectivity index (χ0v) is 11.3. The molecule has 0 aliphatic rings. The molecule has 2 unspecified atom stereocenters. The summed E-state index contributed by atoms with van der Waals surface area (Å²) in [5, 5.41) is 21.7. The molecule has 0 radical (unpaired) electrons. The van der Waals surface area contributed by atoms with Crippen LogP contribution in [0.2, 0.25) is 0 Å². The topological polar surface area (TPSA) is 61.7 Å². The highest BCUT2D eigenvalue weighted by Crippen LogP contribution is 2.05. The summed E-state index contributed by atoms with van der Waals surface area (Å²) in [6.07, 6.45) is 3.62. The first kappa shape index (κ1) is 16.8. The van der Waals surface area contributed by atoms with Crippen LogP contribution < -0.4 is 5.32 Å². The van der Waals surface area contributed by atoms with Crippen molar-refractivity contribution in [1.29, 1.82) is 0 Å². The van der Waals surface area contributed by atoms with E-state index in [1.165, 1.54) is 0 Å². The van der Waals surface area contributed by atoms with E-state index in [1.54, 1.807) is 0 Å². The number of rotatable bonds is 12. The Morgan fingerprint density at radius 2 is 2.00 bits per heavy atom. The Morgan fingerprint density at radius 1 is 1.24 bits per heavy atom. The molecule has 0 heterocycles. The number of ether oxygens (including phenoxy) is 1. The van der Waals surface area contributed by atoms with Crippen LogP contribution >= 0.6 is 0 Å². The number of aliphatic hydroxyl groups is 2. The molecule has 0 aliphatic carbocycles.